The molecule has 0 aliphatic carbocycles. The maximum atomic E-state index is 6.02. The highest BCUT2D eigenvalue weighted by Gasteiger charge is 2.22. The van der Waals surface area contributed by atoms with Gasteiger partial charge in [-0.15, -0.1) is 0 Å². The smallest absolute Gasteiger partial charge is 0.194 e. The number of para-hydroxylation sites is 2. The maximum Gasteiger partial charge on any atom is 0.194 e. The first-order valence-electron chi connectivity index (χ1n) is 10.6. The molecule has 1 fully saturated rings. The molecule has 0 saturated carbocycles. The van der Waals surface area contributed by atoms with E-state index in [1.165, 1.54) is 0 Å². The molecule has 1 saturated heterocycles. The van der Waals surface area contributed by atoms with Gasteiger partial charge in [0, 0.05) is 40.0 Å². The van der Waals surface area contributed by atoms with Crippen LogP contribution in [0.25, 0.3) is 0 Å². The minimum Gasteiger partial charge on any atom is -0.493 e. The lowest BCUT2D eigenvalue weighted by atomic mass is 10.1. The second-order valence-corrected chi connectivity index (χ2v) is 7.18. The number of methoxy groups -OCH3 is 2. The van der Waals surface area contributed by atoms with E-state index < -0.39 is 0 Å². The lowest BCUT2D eigenvalue weighted by Gasteiger charge is -2.34. The second kappa shape index (κ2) is 13.3. The van der Waals surface area contributed by atoms with Crippen LogP contribution in [0.2, 0.25) is 0 Å². The van der Waals surface area contributed by atoms with Gasteiger partial charge in [0.25, 0.3) is 0 Å². The molecule has 29 heavy (non-hydrogen) atoms. The first-order valence-corrected chi connectivity index (χ1v) is 10.6. The van der Waals surface area contributed by atoms with E-state index in [4.69, 9.17) is 23.9 Å². The summed E-state index contributed by atoms with van der Waals surface area (Å²) < 4.78 is 22.4. The van der Waals surface area contributed by atoms with Gasteiger partial charge >= 0.3 is 0 Å². The Morgan fingerprint density at radius 3 is 2.55 bits per heavy atom. The van der Waals surface area contributed by atoms with Crippen molar-refractivity contribution in [3.05, 3.63) is 24.3 Å². The van der Waals surface area contributed by atoms with E-state index in [0.717, 1.165) is 69.6 Å². The summed E-state index contributed by atoms with van der Waals surface area (Å²) in [4.78, 5) is 7.12. The van der Waals surface area contributed by atoms with Crippen molar-refractivity contribution in [2.24, 2.45) is 4.99 Å². The van der Waals surface area contributed by atoms with Crippen LogP contribution in [-0.4, -0.2) is 76.7 Å². The predicted molar refractivity (Wildman–Crippen MR) is 116 cm³/mol. The number of aliphatic imine (C=N–C) groups is 1. The van der Waals surface area contributed by atoms with Crippen LogP contribution >= 0.6 is 0 Å². The Hall–Kier alpha value is -1.99. The van der Waals surface area contributed by atoms with E-state index in [0.29, 0.717) is 12.6 Å². The summed E-state index contributed by atoms with van der Waals surface area (Å²) in [6.45, 7) is 8.96. The Labute approximate surface area is 175 Å². The lowest BCUT2D eigenvalue weighted by molar-refractivity contribution is 0.00988. The van der Waals surface area contributed by atoms with Gasteiger partial charge in [-0.3, -0.25) is 0 Å². The average Bonchev–Trinajstić information content (AvgIpc) is 2.75. The highest BCUT2D eigenvalue weighted by Crippen LogP contribution is 2.26. The standard InChI is InChI=1S/C22H37N3O4/c1-5-23-22(25-13-11-19(12-14-25)28-16-8-15-26-3)24-17-18(2)29-21-10-7-6-9-20(21)27-4/h6-7,9-10,18-19H,5,8,11-17H2,1-4H3,(H,23,24). The van der Waals surface area contributed by atoms with Crippen molar-refractivity contribution in [1.82, 2.24) is 10.2 Å². The molecular weight excluding hydrogens is 370 g/mol. The van der Waals surface area contributed by atoms with E-state index in [1.54, 1.807) is 14.2 Å². The molecule has 164 valence electrons. The summed E-state index contributed by atoms with van der Waals surface area (Å²) in [7, 11) is 3.38. The number of guanidine groups is 1. The van der Waals surface area contributed by atoms with E-state index in [1.807, 2.05) is 31.2 Å². The van der Waals surface area contributed by atoms with Crippen LogP contribution in [0, 0.1) is 0 Å². The SMILES string of the molecule is CCNC(=NCC(C)Oc1ccccc1OC)N1CCC(OCCCOC)CC1. The molecule has 1 heterocycles. The van der Waals surface area contributed by atoms with E-state index in [-0.39, 0.29) is 6.10 Å². The second-order valence-electron chi connectivity index (χ2n) is 7.18. The molecule has 1 aromatic carbocycles. The monoisotopic (exact) mass is 407 g/mol. The number of nitrogens with one attached hydrogen (secondary N) is 1. The number of hydrogen-bond donors (Lipinski definition) is 1. The fourth-order valence-electron chi connectivity index (χ4n) is 3.30. The van der Waals surface area contributed by atoms with Gasteiger partial charge in [0.2, 0.25) is 0 Å². The summed E-state index contributed by atoms with van der Waals surface area (Å²) in [5.41, 5.74) is 0. The number of piperidine rings is 1. The minimum absolute atomic E-state index is 0.0541. The van der Waals surface area contributed by atoms with Gasteiger partial charge in [0.15, 0.2) is 17.5 Å². The molecule has 1 unspecified atom stereocenters. The molecule has 1 aliphatic heterocycles. The molecule has 1 N–H and O–H groups in total. The largest absolute Gasteiger partial charge is 0.493 e. The van der Waals surface area contributed by atoms with Crippen LogP contribution < -0.4 is 14.8 Å². The van der Waals surface area contributed by atoms with Crippen molar-refractivity contribution in [2.75, 3.05) is 53.6 Å². The first-order chi connectivity index (χ1) is 14.2. The zero-order valence-electron chi connectivity index (χ0n) is 18.4. The number of nitrogens with zero attached hydrogens (tertiary/aromatic N) is 2. The Morgan fingerprint density at radius 2 is 1.90 bits per heavy atom. The van der Waals surface area contributed by atoms with E-state index >= 15 is 0 Å². The topological polar surface area (TPSA) is 64.6 Å². The van der Waals surface area contributed by atoms with Crippen LogP contribution in [0.3, 0.4) is 0 Å². The maximum absolute atomic E-state index is 6.02. The number of ether oxygens (including phenoxy) is 4. The van der Waals surface area contributed by atoms with Crippen molar-refractivity contribution in [1.29, 1.82) is 0 Å². The fraction of sp³-hybridized carbons (Fsp3) is 0.682. The Bertz CT molecular complexity index is 603. The average molecular weight is 408 g/mol. The quantitative estimate of drug-likeness (QED) is 0.346. The normalized spacial score (nSPS) is 16.6. The summed E-state index contributed by atoms with van der Waals surface area (Å²) in [5.74, 6) is 2.43. The molecule has 0 amide bonds. The van der Waals surface area contributed by atoms with Gasteiger partial charge in [0.1, 0.15) is 6.10 Å². The Balaban J connectivity index is 1.83. The zero-order chi connectivity index (χ0) is 20.9. The molecule has 0 spiro atoms. The summed E-state index contributed by atoms with van der Waals surface area (Å²) in [5, 5.41) is 3.41. The van der Waals surface area contributed by atoms with Gasteiger partial charge in [-0.2, -0.15) is 0 Å². The minimum atomic E-state index is -0.0541. The number of benzene rings is 1. The molecule has 1 aliphatic rings. The molecule has 0 aromatic heterocycles. The van der Waals surface area contributed by atoms with Crippen molar-refractivity contribution >= 4 is 5.96 Å². The van der Waals surface area contributed by atoms with Crippen molar-refractivity contribution in [2.45, 2.75) is 45.3 Å². The van der Waals surface area contributed by atoms with Crippen molar-refractivity contribution < 1.29 is 18.9 Å². The predicted octanol–water partition coefficient (Wildman–Crippen LogP) is 2.95. The third kappa shape index (κ3) is 8.11. The van der Waals surface area contributed by atoms with Gasteiger partial charge in [-0.1, -0.05) is 12.1 Å². The third-order valence-electron chi connectivity index (χ3n) is 4.82. The molecule has 7 nitrogen and oxygen atoms in total. The summed E-state index contributed by atoms with van der Waals surface area (Å²) >= 11 is 0. The summed E-state index contributed by atoms with van der Waals surface area (Å²) in [6.07, 6.45) is 3.26. The van der Waals surface area contributed by atoms with Crippen molar-refractivity contribution in [3.8, 4) is 11.5 Å². The van der Waals surface area contributed by atoms with Crippen LogP contribution in [0.15, 0.2) is 29.3 Å². The van der Waals surface area contributed by atoms with Crippen molar-refractivity contribution in [3.63, 3.8) is 0 Å². The van der Waals surface area contributed by atoms with Crippen LogP contribution in [-0.2, 0) is 9.47 Å². The van der Waals surface area contributed by atoms with Gasteiger partial charge < -0.3 is 29.2 Å². The van der Waals surface area contributed by atoms with Crippen LogP contribution in [0.1, 0.15) is 33.1 Å². The number of likely N-dealkylation sites (tertiary alicyclic amines) is 1. The first kappa shape index (κ1) is 23.3. The summed E-state index contributed by atoms with van der Waals surface area (Å²) in [6, 6.07) is 7.70. The van der Waals surface area contributed by atoms with Gasteiger partial charge in [0.05, 0.1) is 19.8 Å². The molecular formula is C22H37N3O4. The molecule has 1 aromatic rings. The van der Waals surface area contributed by atoms with E-state index in [9.17, 15) is 0 Å². The Kier molecular flexibility index (Phi) is 10.7. The highest BCUT2D eigenvalue weighted by atomic mass is 16.5. The fourth-order valence-corrected chi connectivity index (χ4v) is 3.30. The van der Waals surface area contributed by atoms with Crippen LogP contribution in [0.5, 0.6) is 11.5 Å². The number of rotatable bonds is 11. The van der Waals surface area contributed by atoms with Gasteiger partial charge in [-0.25, -0.2) is 4.99 Å². The third-order valence-corrected chi connectivity index (χ3v) is 4.82. The highest BCUT2D eigenvalue weighted by molar-refractivity contribution is 5.80. The molecule has 0 radical (unpaired) electrons. The lowest BCUT2D eigenvalue weighted by Crippen LogP contribution is -2.47. The zero-order valence-corrected chi connectivity index (χ0v) is 18.4. The van der Waals surface area contributed by atoms with Crippen LogP contribution in [0.4, 0.5) is 0 Å². The molecule has 1 atom stereocenters. The Morgan fingerprint density at radius 1 is 1.17 bits per heavy atom. The van der Waals surface area contributed by atoms with Gasteiger partial charge in [-0.05, 0) is 45.2 Å². The number of hydrogen-bond acceptors (Lipinski definition) is 5. The van der Waals surface area contributed by atoms with E-state index in [2.05, 4.69) is 17.1 Å². The molecule has 2 rings (SSSR count). The molecule has 0 bridgehead atoms. The molecule has 7 heteroatoms.